The molecule has 170 valence electrons. The molecule has 5 nitrogen and oxygen atoms in total. The maximum Gasteiger partial charge on any atom is 0.263 e. The summed E-state index contributed by atoms with van der Waals surface area (Å²) in [5, 5.41) is 4.22. The van der Waals surface area contributed by atoms with Crippen molar-refractivity contribution in [1.82, 2.24) is 14.9 Å². The van der Waals surface area contributed by atoms with Crippen LogP contribution in [-0.4, -0.2) is 21.2 Å². The van der Waals surface area contributed by atoms with Crippen molar-refractivity contribution in [2.24, 2.45) is 0 Å². The molecule has 33 heavy (non-hydrogen) atoms. The molecule has 0 unspecified atom stereocenters. The number of aryl methyl sites for hydroxylation is 3. The van der Waals surface area contributed by atoms with Gasteiger partial charge in [0.25, 0.3) is 5.56 Å². The lowest BCUT2D eigenvalue weighted by Gasteiger charge is -2.13. The van der Waals surface area contributed by atoms with E-state index in [0.717, 1.165) is 27.9 Å². The first kappa shape index (κ1) is 23.3. The molecule has 2 aromatic heterocycles. The van der Waals surface area contributed by atoms with E-state index in [-0.39, 0.29) is 17.2 Å². The Labute approximate surface area is 201 Å². The number of thiophene rings is 1. The summed E-state index contributed by atoms with van der Waals surface area (Å²) < 4.78 is 1.71. The van der Waals surface area contributed by atoms with Gasteiger partial charge in [0.1, 0.15) is 4.83 Å². The lowest BCUT2D eigenvalue weighted by molar-refractivity contribution is -0.118. The quantitative estimate of drug-likeness (QED) is 0.283. The molecule has 0 saturated heterocycles. The highest BCUT2D eigenvalue weighted by Gasteiger charge is 2.18. The van der Waals surface area contributed by atoms with E-state index in [4.69, 9.17) is 4.98 Å². The summed E-state index contributed by atoms with van der Waals surface area (Å²) >= 11 is 2.88. The van der Waals surface area contributed by atoms with Gasteiger partial charge in [0.15, 0.2) is 5.16 Å². The Morgan fingerprint density at radius 3 is 2.48 bits per heavy atom. The number of fused-ring (bicyclic) bond motifs is 1. The van der Waals surface area contributed by atoms with Gasteiger partial charge in [-0.3, -0.25) is 14.2 Å². The third-order valence-corrected chi connectivity index (χ3v) is 7.87. The molecule has 1 N–H and O–H groups in total. The van der Waals surface area contributed by atoms with Crippen LogP contribution < -0.4 is 10.9 Å². The van der Waals surface area contributed by atoms with E-state index in [1.807, 2.05) is 68.4 Å². The van der Waals surface area contributed by atoms with Crippen LogP contribution in [0.1, 0.15) is 34.1 Å². The summed E-state index contributed by atoms with van der Waals surface area (Å²) in [4.78, 5) is 32.8. The topological polar surface area (TPSA) is 64.0 Å². The largest absolute Gasteiger partial charge is 0.351 e. The first-order valence-corrected chi connectivity index (χ1v) is 12.8. The minimum Gasteiger partial charge on any atom is -0.351 e. The molecule has 2 heterocycles. The maximum atomic E-state index is 13.5. The smallest absolute Gasteiger partial charge is 0.263 e. The molecule has 4 rings (SSSR count). The fourth-order valence-corrected chi connectivity index (χ4v) is 5.67. The summed E-state index contributed by atoms with van der Waals surface area (Å²) in [6.45, 7) is 7.04. The van der Waals surface area contributed by atoms with Crippen LogP contribution in [-0.2, 0) is 24.3 Å². The molecule has 0 fully saturated rings. The van der Waals surface area contributed by atoms with Gasteiger partial charge >= 0.3 is 0 Å². The molecule has 0 bridgehead atoms. The number of carbonyl (C=O) groups is 1. The second-order valence-corrected chi connectivity index (χ2v) is 10.0. The zero-order valence-corrected chi connectivity index (χ0v) is 20.7. The fraction of sp³-hybridized carbons (Fsp3) is 0.269. The molecular formula is C26H27N3O2S2. The third-order valence-electron chi connectivity index (χ3n) is 5.56. The average Bonchev–Trinajstić information content (AvgIpc) is 3.15. The van der Waals surface area contributed by atoms with E-state index >= 15 is 0 Å². The number of nitrogens with zero attached hydrogens (tertiary/aromatic N) is 2. The zero-order valence-electron chi connectivity index (χ0n) is 19.1. The van der Waals surface area contributed by atoms with E-state index < -0.39 is 0 Å². The summed E-state index contributed by atoms with van der Waals surface area (Å²) in [5.74, 6) is 0.112. The van der Waals surface area contributed by atoms with Crippen LogP contribution in [0.5, 0.6) is 0 Å². The predicted octanol–water partition coefficient (Wildman–Crippen LogP) is 5.09. The first-order valence-electron chi connectivity index (χ1n) is 11.0. The van der Waals surface area contributed by atoms with E-state index in [9.17, 15) is 9.59 Å². The van der Waals surface area contributed by atoms with Crippen molar-refractivity contribution in [3.63, 3.8) is 0 Å². The maximum absolute atomic E-state index is 13.5. The first-order chi connectivity index (χ1) is 16.0. The summed E-state index contributed by atoms with van der Waals surface area (Å²) in [7, 11) is 0. The van der Waals surface area contributed by atoms with Crippen molar-refractivity contribution in [1.29, 1.82) is 0 Å². The monoisotopic (exact) mass is 477 g/mol. The second-order valence-electron chi connectivity index (χ2n) is 8.01. The zero-order chi connectivity index (χ0) is 23.4. The highest BCUT2D eigenvalue weighted by Crippen LogP contribution is 2.29. The average molecular weight is 478 g/mol. The van der Waals surface area contributed by atoms with Gasteiger partial charge in [0.2, 0.25) is 5.91 Å². The summed E-state index contributed by atoms with van der Waals surface area (Å²) in [6.07, 6.45) is 0.870. The number of rotatable bonds is 8. The molecule has 0 aliphatic heterocycles. The molecule has 0 saturated carbocycles. The van der Waals surface area contributed by atoms with Crippen LogP contribution in [0.15, 0.2) is 64.5 Å². The van der Waals surface area contributed by atoms with E-state index in [0.29, 0.717) is 23.6 Å². The summed E-state index contributed by atoms with van der Waals surface area (Å²) in [6, 6.07) is 18.0. The van der Waals surface area contributed by atoms with Gasteiger partial charge in [-0.25, -0.2) is 4.98 Å². The Balaban J connectivity index is 1.61. The lowest BCUT2D eigenvalue weighted by atomic mass is 10.1. The third kappa shape index (κ3) is 5.37. The van der Waals surface area contributed by atoms with E-state index in [2.05, 4.69) is 12.2 Å². The van der Waals surface area contributed by atoms with Crippen molar-refractivity contribution in [3.05, 3.63) is 92.1 Å². The van der Waals surface area contributed by atoms with Crippen molar-refractivity contribution in [2.75, 3.05) is 5.75 Å². The molecule has 7 heteroatoms. The fourth-order valence-electron chi connectivity index (χ4n) is 3.68. The molecule has 0 aliphatic rings. The van der Waals surface area contributed by atoms with Crippen LogP contribution in [0.4, 0.5) is 0 Å². The highest BCUT2D eigenvalue weighted by molar-refractivity contribution is 7.99. The number of thioether (sulfide) groups is 1. The predicted molar refractivity (Wildman–Crippen MR) is 137 cm³/mol. The Hall–Kier alpha value is -2.90. The minimum absolute atomic E-state index is 0.0405. The number of aromatic nitrogens is 2. The van der Waals surface area contributed by atoms with Crippen LogP contribution in [0.25, 0.3) is 10.2 Å². The Morgan fingerprint density at radius 1 is 1.06 bits per heavy atom. The molecule has 4 aromatic rings. The van der Waals surface area contributed by atoms with Crippen LogP contribution in [0.3, 0.4) is 0 Å². The van der Waals surface area contributed by atoms with Crippen LogP contribution in [0, 0.1) is 13.8 Å². The van der Waals surface area contributed by atoms with E-state index in [1.54, 1.807) is 15.9 Å². The van der Waals surface area contributed by atoms with Crippen molar-refractivity contribution in [3.8, 4) is 0 Å². The van der Waals surface area contributed by atoms with Gasteiger partial charge < -0.3 is 5.32 Å². The minimum atomic E-state index is -0.0864. The number of hydrogen-bond donors (Lipinski definition) is 1. The number of carbonyl (C=O) groups excluding carboxylic acids is 1. The standard InChI is InChI=1S/C26H27N3O2S2/c1-4-21-18(3)23-24(33-21)28-26(29(25(23)31)15-20-12-10-17(2)11-13-20)32-16-22(30)27-14-19-8-6-5-7-9-19/h5-13H,4,14-16H2,1-3H3,(H,27,30). The number of amides is 1. The molecule has 0 spiro atoms. The normalized spacial score (nSPS) is 11.1. The molecule has 1 amide bonds. The SMILES string of the molecule is CCc1sc2nc(SCC(=O)NCc3ccccc3)n(Cc3ccc(C)cc3)c(=O)c2c1C. The lowest BCUT2D eigenvalue weighted by Crippen LogP contribution is -2.27. The molecule has 0 aliphatic carbocycles. The molecule has 0 atom stereocenters. The van der Waals surface area contributed by atoms with Gasteiger partial charge in [-0.2, -0.15) is 0 Å². The van der Waals surface area contributed by atoms with Crippen LogP contribution in [0.2, 0.25) is 0 Å². The van der Waals surface area contributed by atoms with Crippen molar-refractivity contribution in [2.45, 2.75) is 45.4 Å². The molecule has 0 radical (unpaired) electrons. The summed E-state index contributed by atoms with van der Waals surface area (Å²) in [5.41, 5.74) is 4.23. The van der Waals surface area contributed by atoms with Crippen molar-refractivity contribution < 1.29 is 4.79 Å². The van der Waals surface area contributed by atoms with Gasteiger partial charge in [-0.1, -0.05) is 78.8 Å². The van der Waals surface area contributed by atoms with Crippen LogP contribution >= 0.6 is 23.1 Å². The number of benzene rings is 2. The number of nitrogens with one attached hydrogen (secondary N) is 1. The Kier molecular flexibility index (Phi) is 7.30. The van der Waals surface area contributed by atoms with Gasteiger partial charge in [-0.15, -0.1) is 11.3 Å². The molecule has 2 aromatic carbocycles. The second kappa shape index (κ2) is 10.4. The van der Waals surface area contributed by atoms with Crippen molar-refractivity contribution >= 4 is 39.2 Å². The molecular weight excluding hydrogens is 450 g/mol. The number of hydrogen-bond acceptors (Lipinski definition) is 5. The Morgan fingerprint density at radius 2 is 1.79 bits per heavy atom. The van der Waals surface area contributed by atoms with E-state index in [1.165, 1.54) is 22.2 Å². The van der Waals surface area contributed by atoms with Gasteiger partial charge in [0.05, 0.1) is 17.7 Å². The van der Waals surface area contributed by atoms with Gasteiger partial charge in [-0.05, 0) is 37.0 Å². The van der Waals surface area contributed by atoms with Gasteiger partial charge in [0, 0.05) is 11.4 Å². The Bertz CT molecular complexity index is 1330. The highest BCUT2D eigenvalue weighted by atomic mass is 32.2.